The average Bonchev–Trinajstić information content (AvgIpc) is 3.20. The number of pyridine rings is 1. The van der Waals surface area contributed by atoms with Crippen LogP contribution in [-0.2, 0) is 22.0 Å². The van der Waals surface area contributed by atoms with Crippen molar-refractivity contribution in [1.29, 1.82) is 0 Å². The zero-order valence-corrected chi connectivity index (χ0v) is 15.5. The van der Waals surface area contributed by atoms with Crippen molar-refractivity contribution in [2.45, 2.75) is 25.3 Å². The third kappa shape index (κ3) is 2.64. The van der Waals surface area contributed by atoms with Crippen molar-refractivity contribution in [3.05, 3.63) is 45.9 Å². The van der Waals surface area contributed by atoms with E-state index >= 15 is 0 Å². The first kappa shape index (κ1) is 16.1. The molecule has 128 valence electrons. The molecule has 4 rings (SSSR count). The Kier molecular flexibility index (Phi) is 3.71. The number of hydrogen-bond acceptors (Lipinski definition) is 5. The second-order valence-corrected chi connectivity index (χ2v) is 10.2. The number of likely N-dealkylation sites (tertiary alicyclic amines) is 1. The van der Waals surface area contributed by atoms with Crippen LogP contribution < -0.4 is 4.31 Å². The molecule has 1 atom stereocenters. The smallest absolute Gasteiger partial charge is 0.232 e. The van der Waals surface area contributed by atoms with Gasteiger partial charge in [-0.2, -0.15) is 0 Å². The number of nitrogens with zero attached hydrogens (tertiary/aromatic N) is 3. The molecule has 2 aromatic heterocycles. The summed E-state index contributed by atoms with van der Waals surface area (Å²) in [4.78, 5) is 9.69. The number of rotatable bonds is 3. The molecule has 2 aliphatic heterocycles. The summed E-state index contributed by atoms with van der Waals surface area (Å²) >= 11 is 1.83. The lowest BCUT2D eigenvalue weighted by Crippen LogP contribution is -2.38. The van der Waals surface area contributed by atoms with Gasteiger partial charge in [-0.05, 0) is 44.2 Å². The molecule has 0 bridgehead atoms. The summed E-state index contributed by atoms with van der Waals surface area (Å²) in [5.74, 6) is 0. The molecular formula is C17H21N3O2S2. The van der Waals surface area contributed by atoms with E-state index in [1.807, 2.05) is 23.5 Å². The van der Waals surface area contributed by atoms with Gasteiger partial charge >= 0.3 is 0 Å². The molecular weight excluding hydrogens is 342 g/mol. The SMILES string of the molecule is Cc1ccc(CN2CCC3(C2)CN(S(C)(=O)=O)c2cccnc23)s1. The Morgan fingerprint density at radius 2 is 2.12 bits per heavy atom. The lowest BCUT2D eigenvalue weighted by atomic mass is 9.85. The van der Waals surface area contributed by atoms with E-state index in [9.17, 15) is 8.42 Å². The zero-order valence-electron chi connectivity index (χ0n) is 13.9. The van der Waals surface area contributed by atoms with Crippen LogP contribution in [-0.4, -0.2) is 44.2 Å². The third-order valence-electron chi connectivity index (χ3n) is 5.01. The lowest BCUT2D eigenvalue weighted by molar-refractivity contribution is 0.309. The van der Waals surface area contributed by atoms with Gasteiger partial charge in [-0.1, -0.05) is 0 Å². The van der Waals surface area contributed by atoms with Gasteiger partial charge in [0.1, 0.15) is 0 Å². The van der Waals surface area contributed by atoms with Gasteiger partial charge in [0.05, 0.1) is 17.6 Å². The molecule has 0 N–H and O–H groups in total. The maximum absolute atomic E-state index is 12.2. The predicted molar refractivity (Wildman–Crippen MR) is 97.1 cm³/mol. The van der Waals surface area contributed by atoms with Gasteiger partial charge in [-0.3, -0.25) is 14.2 Å². The van der Waals surface area contributed by atoms with Gasteiger partial charge < -0.3 is 0 Å². The van der Waals surface area contributed by atoms with Gasteiger partial charge in [0.25, 0.3) is 0 Å². The van der Waals surface area contributed by atoms with E-state index in [0.29, 0.717) is 6.54 Å². The Morgan fingerprint density at radius 3 is 2.83 bits per heavy atom. The Balaban J connectivity index is 1.62. The fourth-order valence-electron chi connectivity index (χ4n) is 3.94. The number of fused-ring (bicyclic) bond motifs is 2. The minimum absolute atomic E-state index is 0.175. The molecule has 4 heterocycles. The highest BCUT2D eigenvalue weighted by molar-refractivity contribution is 7.92. The monoisotopic (exact) mass is 363 g/mol. The van der Waals surface area contributed by atoms with Crippen LogP contribution in [0.15, 0.2) is 30.5 Å². The van der Waals surface area contributed by atoms with Crippen molar-refractivity contribution >= 4 is 27.0 Å². The van der Waals surface area contributed by atoms with Gasteiger partial charge in [0.15, 0.2) is 0 Å². The molecule has 0 saturated carbocycles. The molecule has 2 aliphatic rings. The molecule has 0 aromatic carbocycles. The maximum atomic E-state index is 12.2. The molecule has 1 saturated heterocycles. The summed E-state index contributed by atoms with van der Waals surface area (Å²) in [5, 5.41) is 0. The van der Waals surface area contributed by atoms with Crippen LogP contribution in [0.4, 0.5) is 5.69 Å². The van der Waals surface area contributed by atoms with E-state index in [-0.39, 0.29) is 5.41 Å². The molecule has 2 aromatic rings. The molecule has 0 aliphatic carbocycles. The number of sulfonamides is 1. The van der Waals surface area contributed by atoms with Crippen molar-refractivity contribution in [2.24, 2.45) is 0 Å². The zero-order chi connectivity index (χ0) is 16.9. The first-order chi connectivity index (χ1) is 11.4. The average molecular weight is 364 g/mol. The molecule has 7 heteroatoms. The second-order valence-electron chi connectivity index (χ2n) is 6.89. The van der Waals surface area contributed by atoms with Crippen molar-refractivity contribution in [2.75, 3.05) is 30.2 Å². The largest absolute Gasteiger partial charge is 0.297 e. The molecule has 0 amide bonds. The maximum Gasteiger partial charge on any atom is 0.232 e. The van der Waals surface area contributed by atoms with Crippen molar-refractivity contribution in [1.82, 2.24) is 9.88 Å². The van der Waals surface area contributed by atoms with Crippen LogP contribution in [0.1, 0.15) is 21.9 Å². The summed E-state index contributed by atoms with van der Waals surface area (Å²) in [6.45, 7) is 5.41. The summed E-state index contributed by atoms with van der Waals surface area (Å²) in [6.07, 6.45) is 4.01. The summed E-state index contributed by atoms with van der Waals surface area (Å²) in [6, 6.07) is 8.04. The molecule has 5 nitrogen and oxygen atoms in total. The number of aryl methyl sites for hydroxylation is 1. The Labute approximate surface area is 147 Å². The summed E-state index contributed by atoms with van der Waals surface area (Å²) in [5.41, 5.74) is 1.53. The number of thiophene rings is 1. The van der Waals surface area contributed by atoms with E-state index in [1.54, 1.807) is 6.20 Å². The van der Waals surface area contributed by atoms with Crippen molar-refractivity contribution < 1.29 is 8.42 Å². The third-order valence-corrected chi connectivity index (χ3v) is 7.12. The van der Waals surface area contributed by atoms with Crippen LogP contribution in [0.5, 0.6) is 0 Å². The van der Waals surface area contributed by atoms with Crippen LogP contribution in [0, 0.1) is 6.92 Å². The molecule has 0 radical (unpaired) electrons. The van der Waals surface area contributed by atoms with E-state index in [4.69, 9.17) is 0 Å². The van der Waals surface area contributed by atoms with E-state index in [2.05, 4.69) is 28.9 Å². The van der Waals surface area contributed by atoms with Crippen molar-refractivity contribution in [3.63, 3.8) is 0 Å². The molecule has 24 heavy (non-hydrogen) atoms. The minimum Gasteiger partial charge on any atom is -0.297 e. The quantitative estimate of drug-likeness (QED) is 0.840. The highest BCUT2D eigenvalue weighted by Crippen LogP contribution is 2.46. The Hall–Kier alpha value is -1.44. The normalized spacial score (nSPS) is 24.0. The van der Waals surface area contributed by atoms with Crippen molar-refractivity contribution in [3.8, 4) is 0 Å². The summed E-state index contributed by atoms with van der Waals surface area (Å²) < 4.78 is 25.9. The standard InChI is InChI=1S/C17H21N3O2S2/c1-13-5-6-14(23-13)10-19-9-7-17(11-19)12-20(24(2,21)22)15-4-3-8-18-16(15)17/h3-6,8H,7,9-12H2,1-2H3. The van der Waals surface area contributed by atoms with Crippen LogP contribution >= 0.6 is 11.3 Å². The highest BCUT2D eigenvalue weighted by Gasteiger charge is 2.50. The highest BCUT2D eigenvalue weighted by atomic mass is 32.2. The second kappa shape index (κ2) is 5.54. The first-order valence-electron chi connectivity index (χ1n) is 8.08. The molecule has 1 fully saturated rings. The van der Waals surface area contributed by atoms with Crippen LogP contribution in [0.25, 0.3) is 0 Å². The Bertz CT molecular complexity index is 877. The van der Waals surface area contributed by atoms with E-state index in [0.717, 1.165) is 37.4 Å². The van der Waals surface area contributed by atoms with E-state index < -0.39 is 10.0 Å². The summed E-state index contributed by atoms with van der Waals surface area (Å²) in [7, 11) is -3.28. The van der Waals surface area contributed by atoms with Gasteiger partial charge in [-0.15, -0.1) is 11.3 Å². The number of hydrogen-bond donors (Lipinski definition) is 0. The van der Waals surface area contributed by atoms with Gasteiger partial charge in [0.2, 0.25) is 10.0 Å². The van der Waals surface area contributed by atoms with Crippen LogP contribution in [0.2, 0.25) is 0 Å². The molecule has 1 unspecified atom stereocenters. The predicted octanol–water partition coefficient (Wildman–Crippen LogP) is 2.37. The molecule has 1 spiro atoms. The fraction of sp³-hybridized carbons (Fsp3) is 0.471. The van der Waals surface area contributed by atoms with Gasteiger partial charge in [-0.25, -0.2) is 8.42 Å². The lowest BCUT2D eigenvalue weighted by Gasteiger charge is -2.24. The fourth-order valence-corrected chi connectivity index (χ4v) is 5.86. The first-order valence-corrected chi connectivity index (χ1v) is 10.7. The number of aromatic nitrogens is 1. The minimum atomic E-state index is -3.28. The topological polar surface area (TPSA) is 53.5 Å². The van der Waals surface area contributed by atoms with E-state index in [1.165, 1.54) is 20.3 Å². The van der Waals surface area contributed by atoms with Crippen LogP contribution in [0.3, 0.4) is 0 Å². The number of anilines is 1. The van der Waals surface area contributed by atoms with Gasteiger partial charge in [0, 0.05) is 41.0 Å². The Morgan fingerprint density at radius 1 is 1.29 bits per heavy atom.